The smallest absolute Gasteiger partial charge is 0.289 e. The Hall–Kier alpha value is -1.53. The predicted octanol–water partition coefficient (Wildman–Crippen LogP) is 2.06. The standard InChI is InChI=1S/C11H11NO3S2/c12-9(13)8(10(14)15)11(16)17-6-7-4-2-1-3-5-7/h1-5,14-15H,6H2,(H2,12,13). The summed E-state index contributed by atoms with van der Waals surface area (Å²) in [4.78, 5) is 10.9. The van der Waals surface area contributed by atoms with Crippen LogP contribution < -0.4 is 5.73 Å². The van der Waals surface area contributed by atoms with E-state index in [-0.39, 0.29) is 4.20 Å². The molecule has 0 saturated carbocycles. The molecule has 90 valence electrons. The molecule has 0 saturated heterocycles. The largest absolute Gasteiger partial charge is 0.480 e. The van der Waals surface area contributed by atoms with Gasteiger partial charge in [0.05, 0.1) is 4.20 Å². The Morgan fingerprint density at radius 3 is 2.35 bits per heavy atom. The van der Waals surface area contributed by atoms with Crippen molar-refractivity contribution >= 4 is 34.1 Å². The Bertz CT molecular complexity index is 453. The van der Waals surface area contributed by atoms with Crippen molar-refractivity contribution in [3.8, 4) is 0 Å². The minimum atomic E-state index is -1.14. The quantitative estimate of drug-likeness (QED) is 0.443. The summed E-state index contributed by atoms with van der Waals surface area (Å²) in [7, 11) is 0. The Balaban J connectivity index is 2.68. The van der Waals surface area contributed by atoms with E-state index in [4.69, 9.17) is 28.2 Å². The third kappa shape index (κ3) is 4.08. The predicted molar refractivity (Wildman–Crippen MR) is 71.8 cm³/mol. The summed E-state index contributed by atoms with van der Waals surface area (Å²) in [6, 6.07) is 9.46. The molecule has 17 heavy (non-hydrogen) atoms. The molecule has 0 unspecified atom stereocenters. The van der Waals surface area contributed by atoms with E-state index in [0.29, 0.717) is 5.75 Å². The van der Waals surface area contributed by atoms with Crippen LogP contribution in [0.25, 0.3) is 0 Å². The fourth-order valence-corrected chi connectivity index (χ4v) is 2.29. The average molecular weight is 269 g/mol. The highest BCUT2D eigenvalue weighted by molar-refractivity contribution is 8.23. The summed E-state index contributed by atoms with van der Waals surface area (Å²) in [5, 5.41) is 17.8. The molecule has 0 atom stereocenters. The average Bonchev–Trinajstić information content (AvgIpc) is 2.27. The lowest BCUT2D eigenvalue weighted by atomic mass is 10.2. The van der Waals surface area contributed by atoms with Gasteiger partial charge in [0.2, 0.25) is 0 Å². The number of primary amides is 1. The van der Waals surface area contributed by atoms with Crippen LogP contribution in [0.1, 0.15) is 5.56 Å². The maximum atomic E-state index is 10.9. The van der Waals surface area contributed by atoms with Crippen LogP contribution in [-0.2, 0) is 10.5 Å². The number of aliphatic hydroxyl groups is 2. The van der Waals surface area contributed by atoms with Crippen LogP contribution >= 0.6 is 24.0 Å². The molecule has 4 nitrogen and oxygen atoms in total. The monoisotopic (exact) mass is 269 g/mol. The Morgan fingerprint density at radius 2 is 1.88 bits per heavy atom. The summed E-state index contributed by atoms with van der Waals surface area (Å²) in [5.41, 5.74) is 5.59. The van der Waals surface area contributed by atoms with Crippen LogP contribution in [0.5, 0.6) is 0 Å². The highest BCUT2D eigenvalue weighted by Gasteiger charge is 2.17. The first kappa shape index (κ1) is 13.5. The molecule has 6 heteroatoms. The van der Waals surface area contributed by atoms with E-state index < -0.39 is 17.4 Å². The van der Waals surface area contributed by atoms with Crippen molar-refractivity contribution in [2.45, 2.75) is 5.75 Å². The van der Waals surface area contributed by atoms with Crippen LogP contribution in [0.15, 0.2) is 41.9 Å². The minimum Gasteiger partial charge on any atom is -0.480 e. The number of thiocarbonyl (C=S) groups is 1. The van der Waals surface area contributed by atoms with Gasteiger partial charge in [-0.3, -0.25) is 4.79 Å². The van der Waals surface area contributed by atoms with Gasteiger partial charge in [0.15, 0.2) is 0 Å². The number of hydrogen-bond acceptors (Lipinski definition) is 5. The summed E-state index contributed by atoms with van der Waals surface area (Å²) >= 11 is 6.06. The summed E-state index contributed by atoms with van der Waals surface area (Å²) in [5.74, 6) is -1.55. The molecule has 1 amide bonds. The lowest BCUT2D eigenvalue weighted by molar-refractivity contribution is -0.114. The van der Waals surface area contributed by atoms with Crippen LogP contribution in [0.3, 0.4) is 0 Å². The van der Waals surface area contributed by atoms with Gasteiger partial charge in [0, 0.05) is 5.75 Å². The van der Waals surface area contributed by atoms with Crippen LogP contribution in [0, 0.1) is 0 Å². The van der Waals surface area contributed by atoms with Crippen molar-refractivity contribution in [2.75, 3.05) is 0 Å². The van der Waals surface area contributed by atoms with Crippen molar-refractivity contribution in [1.82, 2.24) is 0 Å². The van der Waals surface area contributed by atoms with Crippen molar-refractivity contribution in [3.05, 3.63) is 47.4 Å². The normalized spacial score (nSPS) is 9.65. The fraction of sp³-hybridized carbons (Fsp3) is 0.0909. The zero-order valence-electron chi connectivity index (χ0n) is 8.79. The molecule has 1 rings (SSSR count). The van der Waals surface area contributed by atoms with Gasteiger partial charge in [-0.05, 0) is 5.56 Å². The van der Waals surface area contributed by atoms with E-state index >= 15 is 0 Å². The lowest BCUT2D eigenvalue weighted by Gasteiger charge is -2.05. The highest BCUT2D eigenvalue weighted by Crippen LogP contribution is 2.19. The molecular formula is C11H11NO3S2. The maximum Gasteiger partial charge on any atom is 0.289 e. The minimum absolute atomic E-state index is 0.0707. The number of amides is 1. The number of thioether (sulfide) groups is 1. The Kier molecular flexibility index (Phi) is 4.99. The third-order valence-electron chi connectivity index (χ3n) is 1.89. The van der Waals surface area contributed by atoms with Gasteiger partial charge in [-0.15, -0.1) is 11.8 Å². The number of benzene rings is 1. The Labute approximate surface area is 108 Å². The molecule has 0 aliphatic heterocycles. The first-order valence-corrected chi connectivity index (χ1v) is 6.05. The van der Waals surface area contributed by atoms with E-state index in [0.717, 1.165) is 17.3 Å². The lowest BCUT2D eigenvalue weighted by Crippen LogP contribution is -2.20. The number of nitrogens with two attached hydrogens (primary N) is 1. The fourth-order valence-electron chi connectivity index (χ4n) is 1.10. The van der Waals surface area contributed by atoms with Crippen LogP contribution in [0.2, 0.25) is 0 Å². The molecule has 0 fully saturated rings. The van der Waals surface area contributed by atoms with Crippen molar-refractivity contribution < 1.29 is 15.0 Å². The van der Waals surface area contributed by atoms with Gasteiger partial charge in [0.25, 0.3) is 11.9 Å². The first-order valence-electron chi connectivity index (χ1n) is 4.65. The maximum absolute atomic E-state index is 10.9. The Morgan fingerprint density at radius 1 is 1.29 bits per heavy atom. The second-order valence-electron chi connectivity index (χ2n) is 3.12. The summed E-state index contributed by atoms with van der Waals surface area (Å²) < 4.78 is 0.0707. The second kappa shape index (κ2) is 6.27. The molecular weight excluding hydrogens is 258 g/mol. The molecule has 0 aromatic heterocycles. The SMILES string of the molecule is NC(=O)C(C(=S)SCc1ccccc1)=C(O)O. The first-order chi connectivity index (χ1) is 8.02. The molecule has 4 N–H and O–H groups in total. The number of carbonyl (C=O) groups excluding carboxylic acids is 1. The topological polar surface area (TPSA) is 83.6 Å². The molecule has 0 radical (unpaired) electrons. The van der Waals surface area contributed by atoms with Crippen molar-refractivity contribution in [1.29, 1.82) is 0 Å². The molecule has 1 aromatic rings. The number of rotatable bonds is 4. The van der Waals surface area contributed by atoms with Crippen LogP contribution in [-0.4, -0.2) is 20.3 Å². The molecule has 0 heterocycles. The van der Waals surface area contributed by atoms with Crippen molar-refractivity contribution in [2.24, 2.45) is 5.73 Å². The highest BCUT2D eigenvalue weighted by atomic mass is 32.2. The zero-order valence-corrected chi connectivity index (χ0v) is 10.4. The summed E-state index contributed by atoms with van der Waals surface area (Å²) in [6.07, 6.45) is 0. The van der Waals surface area contributed by atoms with Gasteiger partial charge in [-0.1, -0.05) is 42.5 Å². The molecule has 0 aliphatic rings. The zero-order chi connectivity index (χ0) is 12.8. The van der Waals surface area contributed by atoms with E-state index in [1.807, 2.05) is 30.3 Å². The molecule has 1 aromatic carbocycles. The van der Waals surface area contributed by atoms with E-state index in [9.17, 15) is 4.79 Å². The van der Waals surface area contributed by atoms with Gasteiger partial charge in [0.1, 0.15) is 5.57 Å². The number of hydrogen-bond donors (Lipinski definition) is 3. The molecule has 0 aliphatic carbocycles. The van der Waals surface area contributed by atoms with Gasteiger partial charge in [-0.2, -0.15) is 0 Å². The van der Waals surface area contributed by atoms with Gasteiger partial charge < -0.3 is 15.9 Å². The van der Waals surface area contributed by atoms with Gasteiger partial charge >= 0.3 is 0 Å². The second-order valence-corrected chi connectivity index (χ2v) is 4.78. The third-order valence-corrected chi connectivity index (χ3v) is 3.39. The van der Waals surface area contributed by atoms with Crippen LogP contribution in [0.4, 0.5) is 0 Å². The molecule has 0 spiro atoms. The molecule has 0 bridgehead atoms. The number of carbonyl (C=O) groups is 1. The summed E-state index contributed by atoms with van der Waals surface area (Å²) in [6.45, 7) is 0. The van der Waals surface area contributed by atoms with E-state index in [1.54, 1.807) is 0 Å². The number of aliphatic hydroxyl groups excluding tert-OH is 1. The van der Waals surface area contributed by atoms with E-state index in [2.05, 4.69) is 0 Å². The van der Waals surface area contributed by atoms with Crippen molar-refractivity contribution in [3.63, 3.8) is 0 Å². The van der Waals surface area contributed by atoms with E-state index in [1.165, 1.54) is 0 Å². The van der Waals surface area contributed by atoms with Gasteiger partial charge in [-0.25, -0.2) is 0 Å².